The molecule has 2 fully saturated rings. The summed E-state index contributed by atoms with van der Waals surface area (Å²) >= 11 is 0. The first-order valence-corrected chi connectivity index (χ1v) is 9.04. The second-order valence-electron chi connectivity index (χ2n) is 7.29. The lowest BCUT2D eigenvalue weighted by Crippen LogP contribution is -2.56. The van der Waals surface area contributed by atoms with Gasteiger partial charge in [-0.3, -0.25) is 4.79 Å². The molecular formula is C19H23NO5. The number of fused-ring (bicyclic) bond motifs is 1. The summed E-state index contributed by atoms with van der Waals surface area (Å²) in [5.74, 6) is 0.403. The van der Waals surface area contributed by atoms with E-state index in [1.165, 1.54) is 0 Å². The fraction of sp³-hybridized carbons (Fsp3) is 0.579. The minimum atomic E-state index is -1.07. The van der Waals surface area contributed by atoms with Crippen molar-refractivity contribution in [2.24, 2.45) is 5.92 Å². The molecule has 0 radical (unpaired) electrons. The van der Waals surface area contributed by atoms with Crippen LogP contribution in [0.2, 0.25) is 0 Å². The molecule has 0 saturated heterocycles. The zero-order valence-electron chi connectivity index (χ0n) is 14.1. The number of hydrogen-bond donors (Lipinski definition) is 2. The number of ether oxygens (including phenoxy) is 2. The summed E-state index contributed by atoms with van der Waals surface area (Å²) in [4.78, 5) is 24.3. The van der Waals surface area contributed by atoms with Crippen LogP contribution in [0.5, 0.6) is 11.5 Å². The largest absolute Gasteiger partial charge is 0.486 e. The van der Waals surface area contributed by atoms with Crippen LogP contribution in [0.15, 0.2) is 18.2 Å². The van der Waals surface area contributed by atoms with E-state index in [0.717, 1.165) is 42.7 Å². The third-order valence-electron chi connectivity index (χ3n) is 5.60. The molecule has 6 heteroatoms. The molecular weight excluding hydrogens is 322 g/mol. The maximum atomic E-state index is 12.6. The number of nitrogens with one attached hydrogen (secondary N) is 1. The number of hydrogen-bond acceptors (Lipinski definition) is 4. The fourth-order valence-corrected chi connectivity index (χ4v) is 4.02. The Kier molecular flexibility index (Phi) is 4.06. The summed E-state index contributed by atoms with van der Waals surface area (Å²) in [6, 6.07) is 5.80. The van der Waals surface area contributed by atoms with Crippen LogP contribution >= 0.6 is 0 Å². The van der Waals surface area contributed by atoms with E-state index in [4.69, 9.17) is 9.47 Å². The first kappa shape index (κ1) is 16.2. The maximum absolute atomic E-state index is 12.6. The highest BCUT2D eigenvalue weighted by molar-refractivity contribution is 5.90. The Morgan fingerprint density at radius 3 is 2.52 bits per heavy atom. The molecule has 1 aromatic carbocycles. The number of aliphatic carboxylic acids is 1. The van der Waals surface area contributed by atoms with Gasteiger partial charge in [0, 0.05) is 5.92 Å². The van der Waals surface area contributed by atoms with Crippen molar-refractivity contribution in [3.63, 3.8) is 0 Å². The summed E-state index contributed by atoms with van der Waals surface area (Å²) in [6.07, 6.45) is 4.53. The normalized spacial score (nSPS) is 26.6. The van der Waals surface area contributed by atoms with Crippen molar-refractivity contribution in [2.45, 2.75) is 50.0 Å². The van der Waals surface area contributed by atoms with Gasteiger partial charge >= 0.3 is 5.97 Å². The summed E-state index contributed by atoms with van der Waals surface area (Å²) in [5, 5.41) is 12.5. The van der Waals surface area contributed by atoms with Gasteiger partial charge in [-0.1, -0.05) is 25.3 Å². The van der Waals surface area contributed by atoms with E-state index >= 15 is 0 Å². The van der Waals surface area contributed by atoms with E-state index in [1.54, 1.807) is 0 Å². The molecule has 25 heavy (non-hydrogen) atoms. The zero-order chi connectivity index (χ0) is 17.4. The third kappa shape index (κ3) is 3.05. The van der Waals surface area contributed by atoms with Gasteiger partial charge in [0.15, 0.2) is 11.5 Å². The Morgan fingerprint density at radius 1 is 1.08 bits per heavy atom. The predicted molar refractivity (Wildman–Crippen MR) is 89.9 cm³/mol. The number of carbonyl (C=O) groups is 2. The predicted octanol–water partition coefficient (Wildman–Crippen LogP) is 2.46. The van der Waals surface area contributed by atoms with Gasteiger partial charge < -0.3 is 19.9 Å². The number of carboxylic acids is 1. The van der Waals surface area contributed by atoms with Crippen molar-refractivity contribution in [1.29, 1.82) is 0 Å². The number of carbonyl (C=O) groups excluding carboxylic acids is 1. The molecule has 4 rings (SSSR count). The number of amides is 1. The van der Waals surface area contributed by atoms with Crippen LogP contribution in [0.3, 0.4) is 0 Å². The maximum Gasteiger partial charge on any atom is 0.329 e. The molecule has 2 unspecified atom stereocenters. The minimum Gasteiger partial charge on any atom is -0.486 e. The lowest BCUT2D eigenvalue weighted by atomic mass is 9.81. The smallest absolute Gasteiger partial charge is 0.329 e. The Labute approximate surface area is 146 Å². The minimum absolute atomic E-state index is 0.130. The van der Waals surface area contributed by atoms with Crippen LogP contribution in [0.4, 0.5) is 0 Å². The van der Waals surface area contributed by atoms with Crippen molar-refractivity contribution < 1.29 is 24.2 Å². The van der Waals surface area contributed by atoms with Gasteiger partial charge in [-0.2, -0.15) is 0 Å². The Morgan fingerprint density at radius 2 is 1.80 bits per heavy atom. The first-order chi connectivity index (χ1) is 12.1. The molecule has 2 saturated carbocycles. The van der Waals surface area contributed by atoms with Crippen molar-refractivity contribution in [3.8, 4) is 11.5 Å². The van der Waals surface area contributed by atoms with E-state index in [-0.39, 0.29) is 17.7 Å². The number of carboxylic acid groups (broad SMARTS) is 1. The van der Waals surface area contributed by atoms with Crippen LogP contribution < -0.4 is 14.8 Å². The summed E-state index contributed by atoms with van der Waals surface area (Å²) in [6.45, 7) is 1.09. The third-order valence-corrected chi connectivity index (χ3v) is 5.60. The Balaban J connectivity index is 1.44. The summed E-state index contributed by atoms with van der Waals surface area (Å²) in [5.41, 5.74) is -0.0210. The molecule has 6 nitrogen and oxygen atoms in total. The highest BCUT2D eigenvalue weighted by Gasteiger charge is 2.49. The van der Waals surface area contributed by atoms with Gasteiger partial charge in [-0.05, 0) is 42.9 Å². The van der Waals surface area contributed by atoms with Gasteiger partial charge in [-0.25, -0.2) is 4.79 Å². The summed E-state index contributed by atoms with van der Waals surface area (Å²) in [7, 11) is 0. The Bertz CT molecular complexity index is 695. The monoisotopic (exact) mass is 345 g/mol. The van der Waals surface area contributed by atoms with Crippen LogP contribution in [0.1, 0.15) is 50.0 Å². The molecule has 1 aliphatic heterocycles. The van der Waals surface area contributed by atoms with Gasteiger partial charge in [0.25, 0.3) is 0 Å². The van der Waals surface area contributed by atoms with Gasteiger partial charge in [0.05, 0.1) is 0 Å². The molecule has 2 N–H and O–H groups in total. The van der Waals surface area contributed by atoms with Crippen molar-refractivity contribution in [1.82, 2.24) is 5.32 Å². The number of benzene rings is 1. The average molecular weight is 345 g/mol. The SMILES string of the molecule is O=C(NC1(C(=O)O)CCCCC1)C1CC1c1ccc2c(c1)OCCO2. The molecule has 0 spiro atoms. The van der Waals surface area contributed by atoms with E-state index in [2.05, 4.69) is 5.32 Å². The quantitative estimate of drug-likeness (QED) is 0.876. The van der Waals surface area contributed by atoms with E-state index in [1.807, 2.05) is 18.2 Å². The van der Waals surface area contributed by atoms with Crippen molar-refractivity contribution in [3.05, 3.63) is 23.8 Å². The second-order valence-corrected chi connectivity index (χ2v) is 7.29. The van der Waals surface area contributed by atoms with Crippen molar-refractivity contribution >= 4 is 11.9 Å². The van der Waals surface area contributed by atoms with Crippen LogP contribution in [0.25, 0.3) is 0 Å². The highest BCUT2D eigenvalue weighted by atomic mass is 16.6. The fourth-order valence-electron chi connectivity index (χ4n) is 4.02. The number of rotatable bonds is 4. The molecule has 1 aromatic rings. The molecule has 134 valence electrons. The lowest BCUT2D eigenvalue weighted by molar-refractivity contribution is -0.149. The standard InChI is InChI=1S/C19H23NO5/c21-17(20-19(18(22)23)6-2-1-3-7-19)14-11-13(14)12-4-5-15-16(10-12)25-9-8-24-15/h4-5,10,13-14H,1-3,6-9,11H2,(H,20,21)(H,22,23). The van der Waals surface area contributed by atoms with E-state index in [0.29, 0.717) is 26.1 Å². The van der Waals surface area contributed by atoms with Gasteiger partial charge in [0.1, 0.15) is 18.8 Å². The second kappa shape index (κ2) is 6.24. The average Bonchev–Trinajstić information content (AvgIpc) is 3.43. The van der Waals surface area contributed by atoms with Gasteiger partial charge in [0.2, 0.25) is 5.91 Å². The lowest BCUT2D eigenvalue weighted by Gasteiger charge is -2.34. The van der Waals surface area contributed by atoms with Crippen LogP contribution in [-0.4, -0.2) is 35.7 Å². The van der Waals surface area contributed by atoms with Gasteiger partial charge in [-0.15, -0.1) is 0 Å². The topological polar surface area (TPSA) is 84.9 Å². The summed E-state index contributed by atoms with van der Waals surface area (Å²) < 4.78 is 11.1. The molecule has 0 aromatic heterocycles. The highest BCUT2D eigenvalue weighted by Crippen LogP contribution is 2.49. The van der Waals surface area contributed by atoms with E-state index in [9.17, 15) is 14.7 Å². The van der Waals surface area contributed by atoms with Crippen LogP contribution in [-0.2, 0) is 9.59 Å². The molecule has 2 atom stereocenters. The Hall–Kier alpha value is -2.24. The van der Waals surface area contributed by atoms with Crippen LogP contribution in [0, 0.1) is 5.92 Å². The van der Waals surface area contributed by atoms with E-state index < -0.39 is 11.5 Å². The molecule has 3 aliphatic rings. The molecule has 1 heterocycles. The molecule has 0 bridgehead atoms. The molecule has 2 aliphatic carbocycles. The first-order valence-electron chi connectivity index (χ1n) is 9.04. The zero-order valence-corrected chi connectivity index (χ0v) is 14.1. The van der Waals surface area contributed by atoms with Crippen molar-refractivity contribution in [2.75, 3.05) is 13.2 Å². The molecule has 1 amide bonds.